The van der Waals surface area contributed by atoms with Crippen molar-refractivity contribution in [2.45, 2.75) is 58.6 Å². The van der Waals surface area contributed by atoms with Gasteiger partial charge in [0.1, 0.15) is 0 Å². The van der Waals surface area contributed by atoms with Gasteiger partial charge in [0.15, 0.2) is 0 Å². The molecule has 0 N–H and O–H groups in total. The van der Waals surface area contributed by atoms with Crippen LogP contribution in [0.4, 0.5) is 0 Å². The largest absolute Gasteiger partial charge is 0.162 e. The van der Waals surface area contributed by atoms with Gasteiger partial charge in [0, 0.05) is 5.25 Å². The van der Waals surface area contributed by atoms with Crippen LogP contribution in [0.25, 0.3) is 0 Å². The summed E-state index contributed by atoms with van der Waals surface area (Å²) in [5.41, 5.74) is 1.32. The molecular formula is C16H28S. The number of fused-ring (bicyclic) bond motifs is 1. The number of rotatable bonds is 1. The third-order valence-electron chi connectivity index (χ3n) is 6.97. The van der Waals surface area contributed by atoms with Crippen molar-refractivity contribution in [3.05, 3.63) is 0 Å². The monoisotopic (exact) mass is 252 g/mol. The van der Waals surface area contributed by atoms with E-state index in [4.69, 9.17) is 0 Å². The van der Waals surface area contributed by atoms with Crippen molar-refractivity contribution < 1.29 is 0 Å². The van der Waals surface area contributed by atoms with Crippen molar-refractivity contribution in [2.24, 2.45) is 34.5 Å². The molecule has 0 radical (unpaired) electrons. The molecule has 0 aromatic heterocycles. The van der Waals surface area contributed by atoms with Gasteiger partial charge in [-0.05, 0) is 66.4 Å². The second-order valence-corrected chi connectivity index (χ2v) is 8.85. The molecule has 3 fully saturated rings. The van der Waals surface area contributed by atoms with Gasteiger partial charge in [0.25, 0.3) is 0 Å². The molecule has 0 aromatic rings. The summed E-state index contributed by atoms with van der Waals surface area (Å²) < 4.78 is 0. The molecular weight excluding hydrogens is 224 g/mol. The Hall–Kier alpha value is 0.350. The maximum Gasteiger partial charge on any atom is 0.00858 e. The summed E-state index contributed by atoms with van der Waals surface area (Å²) in [6, 6.07) is 0. The summed E-state index contributed by atoms with van der Waals surface area (Å²) in [6.07, 6.45) is 8.39. The van der Waals surface area contributed by atoms with Gasteiger partial charge in [-0.3, -0.25) is 0 Å². The van der Waals surface area contributed by atoms with Crippen LogP contribution in [0, 0.1) is 34.5 Å². The molecule has 0 saturated heterocycles. The summed E-state index contributed by atoms with van der Waals surface area (Å²) in [7, 11) is 0. The Morgan fingerprint density at radius 1 is 1.18 bits per heavy atom. The summed E-state index contributed by atoms with van der Waals surface area (Å²) in [6.45, 7) is 10.2. The third-order valence-corrected chi connectivity index (χ3v) is 8.04. The molecule has 0 amide bonds. The van der Waals surface area contributed by atoms with E-state index in [2.05, 4.69) is 45.7 Å². The first-order valence-electron chi connectivity index (χ1n) is 7.46. The van der Waals surface area contributed by atoms with Crippen LogP contribution in [0.1, 0.15) is 53.4 Å². The lowest BCUT2D eigenvalue weighted by molar-refractivity contribution is 0.104. The molecule has 98 valence electrons. The van der Waals surface area contributed by atoms with Gasteiger partial charge in [0.05, 0.1) is 0 Å². The fraction of sp³-hybridized carbons (Fsp3) is 1.00. The van der Waals surface area contributed by atoms with E-state index in [1.807, 2.05) is 0 Å². The predicted molar refractivity (Wildman–Crippen MR) is 77.3 cm³/mol. The van der Waals surface area contributed by atoms with Crippen molar-refractivity contribution in [3.63, 3.8) is 0 Å². The molecule has 2 bridgehead atoms. The van der Waals surface area contributed by atoms with Crippen LogP contribution in [0.2, 0.25) is 0 Å². The van der Waals surface area contributed by atoms with Crippen LogP contribution in [-0.4, -0.2) is 11.5 Å². The van der Waals surface area contributed by atoms with E-state index in [0.29, 0.717) is 5.41 Å². The maximum atomic E-state index is 2.59. The molecule has 6 atom stereocenters. The average Bonchev–Trinajstić information content (AvgIpc) is 2.66. The Balaban J connectivity index is 2.05. The number of hydrogen-bond acceptors (Lipinski definition) is 1. The van der Waals surface area contributed by atoms with Gasteiger partial charge in [-0.15, -0.1) is 0 Å². The highest BCUT2D eigenvalue weighted by Crippen LogP contribution is 2.73. The minimum atomic E-state index is 0.592. The summed E-state index contributed by atoms with van der Waals surface area (Å²) in [5.74, 6) is 3.94. The Morgan fingerprint density at radius 2 is 1.88 bits per heavy atom. The number of hydrogen-bond donors (Lipinski definition) is 0. The van der Waals surface area contributed by atoms with Gasteiger partial charge in [0.2, 0.25) is 0 Å². The minimum absolute atomic E-state index is 0.592. The lowest BCUT2D eigenvalue weighted by atomic mass is 9.66. The minimum Gasteiger partial charge on any atom is -0.162 e. The lowest BCUT2D eigenvalue weighted by Gasteiger charge is -2.39. The van der Waals surface area contributed by atoms with E-state index < -0.39 is 0 Å². The zero-order valence-electron chi connectivity index (χ0n) is 12.1. The van der Waals surface area contributed by atoms with Gasteiger partial charge in [-0.2, -0.15) is 11.8 Å². The van der Waals surface area contributed by atoms with Gasteiger partial charge in [-0.25, -0.2) is 0 Å². The highest BCUT2D eigenvalue weighted by Gasteiger charge is 2.67. The summed E-state index contributed by atoms with van der Waals surface area (Å²) in [5, 5.41) is 0.940. The van der Waals surface area contributed by atoms with Crippen molar-refractivity contribution in [3.8, 4) is 0 Å². The fourth-order valence-corrected chi connectivity index (χ4v) is 7.59. The van der Waals surface area contributed by atoms with Crippen LogP contribution in [-0.2, 0) is 0 Å². The lowest BCUT2D eigenvalue weighted by Crippen LogP contribution is -2.34. The highest BCUT2D eigenvalue weighted by molar-refractivity contribution is 7.99. The van der Waals surface area contributed by atoms with Crippen LogP contribution in [0.3, 0.4) is 0 Å². The van der Waals surface area contributed by atoms with E-state index in [1.165, 1.54) is 19.3 Å². The molecule has 0 aliphatic heterocycles. The Bertz CT molecular complexity index is 321. The quantitative estimate of drug-likeness (QED) is 0.643. The molecule has 1 unspecified atom stereocenters. The molecule has 3 aliphatic carbocycles. The van der Waals surface area contributed by atoms with Crippen molar-refractivity contribution in [1.29, 1.82) is 0 Å². The first-order chi connectivity index (χ1) is 7.93. The van der Waals surface area contributed by atoms with Gasteiger partial charge >= 0.3 is 0 Å². The summed E-state index contributed by atoms with van der Waals surface area (Å²) >= 11 is 2.16. The maximum absolute atomic E-state index is 2.59. The first kappa shape index (κ1) is 12.4. The normalized spacial score (nSPS) is 55.9. The van der Waals surface area contributed by atoms with Crippen LogP contribution < -0.4 is 0 Å². The SMILES string of the molecule is CSC1C[C@@H](C)[C@]23CC[C@@H](C)[C@H](C2)C(C)(C)[C@H]13. The fourth-order valence-electron chi connectivity index (χ4n) is 6.22. The average molecular weight is 252 g/mol. The standard InChI is InChI=1S/C16H28S/c1-10-6-7-16-9-12(10)15(3,4)14(16)13(17-5)8-11(16)2/h10-14H,6-9H2,1-5H3/t10-,11-,12+,13?,14+,16+/m1/s1. The van der Waals surface area contributed by atoms with Crippen molar-refractivity contribution in [2.75, 3.05) is 6.26 Å². The van der Waals surface area contributed by atoms with E-state index in [1.54, 1.807) is 6.42 Å². The molecule has 3 rings (SSSR count). The van der Waals surface area contributed by atoms with Crippen molar-refractivity contribution in [1.82, 2.24) is 0 Å². The van der Waals surface area contributed by atoms with Crippen LogP contribution >= 0.6 is 11.8 Å². The van der Waals surface area contributed by atoms with E-state index >= 15 is 0 Å². The molecule has 0 aromatic carbocycles. The van der Waals surface area contributed by atoms with E-state index in [-0.39, 0.29) is 0 Å². The Labute approximate surface area is 111 Å². The third kappa shape index (κ3) is 1.38. The van der Waals surface area contributed by atoms with Crippen LogP contribution in [0.5, 0.6) is 0 Å². The van der Waals surface area contributed by atoms with E-state index in [9.17, 15) is 0 Å². The topological polar surface area (TPSA) is 0 Å². The molecule has 3 aliphatic rings. The Kier molecular flexibility index (Phi) is 2.68. The summed E-state index contributed by atoms with van der Waals surface area (Å²) in [4.78, 5) is 0. The number of thioether (sulfide) groups is 1. The molecule has 0 nitrogen and oxygen atoms in total. The smallest absolute Gasteiger partial charge is 0.00858 e. The van der Waals surface area contributed by atoms with Crippen LogP contribution in [0.15, 0.2) is 0 Å². The molecule has 17 heavy (non-hydrogen) atoms. The van der Waals surface area contributed by atoms with E-state index in [0.717, 1.165) is 34.3 Å². The highest BCUT2D eigenvalue weighted by atomic mass is 32.2. The zero-order valence-corrected chi connectivity index (χ0v) is 12.9. The second kappa shape index (κ2) is 3.68. The zero-order chi connectivity index (χ0) is 12.4. The Morgan fingerprint density at radius 3 is 2.53 bits per heavy atom. The second-order valence-electron chi connectivity index (χ2n) is 7.77. The van der Waals surface area contributed by atoms with Gasteiger partial charge < -0.3 is 0 Å². The molecule has 3 saturated carbocycles. The predicted octanol–water partition coefficient (Wildman–Crippen LogP) is 4.84. The van der Waals surface area contributed by atoms with Gasteiger partial charge in [-0.1, -0.05) is 27.7 Å². The molecule has 1 heteroatoms. The molecule has 0 heterocycles. The van der Waals surface area contributed by atoms with Crippen molar-refractivity contribution >= 4 is 11.8 Å². The first-order valence-corrected chi connectivity index (χ1v) is 8.75. The molecule has 1 spiro atoms.